The third kappa shape index (κ3) is 2.47. The highest BCUT2D eigenvalue weighted by Crippen LogP contribution is 2.45. The van der Waals surface area contributed by atoms with E-state index in [4.69, 9.17) is 5.73 Å². The van der Waals surface area contributed by atoms with Crippen LogP contribution in [0.3, 0.4) is 0 Å². The van der Waals surface area contributed by atoms with Gasteiger partial charge in [0.25, 0.3) is 0 Å². The summed E-state index contributed by atoms with van der Waals surface area (Å²) in [7, 11) is 0. The highest BCUT2D eigenvalue weighted by molar-refractivity contribution is 5.28. The molecule has 2 N–H and O–H groups in total. The Morgan fingerprint density at radius 1 is 1.06 bits per heavy atom. The zero-order valence-corrected chi connectivity index (χ0v) is 11.4. The first-order chi connectivity index (χ1) is 8.75. The number of hydrogen-bond donors (Lipinski definition) is 1. The third-order valence-electron chi connectivity index (χ3n) is 5.03. The minimum absolute atomic E-state index is 0.264. The van der Waals surface area contributed by atoms with Gasteiger partial charge in [0, 0.05) is 6.04 Å². The van der Waals surface area contributed by atoms with Crippen LogP contribution in [-0.2, 0) is 0 Å². The molecule has 0 aliphatic heterocycles. The van der Waals surface area contributed by atoms with E-state index in [0.29, 0.717) is 0 Å². The Balaban J connectivity index is 1.68. The van der Waals surface area contributed by atoms with Crippen molar-refractivity contribution in [1.29, 1.82) is 0 Å². The van der Waals surface area contributed by atoms with Gasteiger partial charge in [-0.15, -0.1) is 0 Å². The van der Waals surface area contributed by atoms with Crippen molar-refractivity contribution >= 4 is 0 Å². The third-order valence-corrected chi connectivity index (χ3v) is 5.03. The standard InChI is InChI=1S/C17H25N/c1-12-11-16(12)17(18)15-9-7-14(8-10-15)13-5-3-2-4-6-13/h7-10,12-13,16-17H,2-6,11,18H2,1H3. The summed E-state index contributed by atoms with van der Waals surface area (Å²) in [6, 6.07) is 9.48. The summed E-state index contributed by atoms with van der Waals surface area (Å²) in [5, 5.41) is 0. The van der Waals surface area contributed by atoms with Gasteiger partial charge in [-0.3, -0.25) is 0 Å². The van der Waals surface area contributed by atoms with Crippen molar-refractivity contribution < 1.29 is 0 Å². The maximum absolute atomic E-state index is 6.32. The van der Waals surface area contributed by atoms with Crippen molar-refractivity contribution in [3.63, 3.8) is 0 Å². The first kappa shape index (κ1) is 12.2. The van der Waals surface area contributed by atoms with Crippen molar-refractivity contribution in [3.8, 4) is 0 Å². The lowest BCUT2D eigenvalue weighted by Gasteiger charge is -2.22. The average Bonchev–Trinajstić information content (AvgIpc) is 3.16. The van der Waals surface area contributed by atoms with Crippen LogP contribution in [0.4, 0.5) is 0 Å². The monoisotopic (exact) mass is 243 g/mol. The molecule has 3 unspecified atom stereocenters. The second-order valence-corrected chi connectivity index (χ2v) is 6.40. The largest absolute Gasteiger partial charge is 0.324 e. The molecule has 0 aromatic heterocycles. The normalized spacial score (nSPS) is 30.1. The zero-order chi connectivity index (χ0) is 12.5. The van der Waals surface area contributed by atoms with Crippen LogP contribution >= 0.6 is 0 Å². The maximum atomic E-state index is 6.32. The molecule has 3 atom stereocenters. The van der Waals surface area contributed by atoms with Crippen LogP contribution in [0.1, 0.15) is 68.5 Å². The molecule has 0 saturated heterocycles. The Labute approximate surface area is 111 Å². The van der Waals surface area contributed by atoms with Crippen LogP contribution in [0.25, 0.3) is 0 Å². The van der Waals surface area contributed by atoms with Crippen LogP contribution in [0.2, 0.25) is 0 Å². The molecular weight excluding hydrogens is 218 g/mol. The van der Waals surface area contributed by atoms with Crippen LogP contribution in [0.5, 0.6) is 0 Å². The fraction of sp³-hybridized carbons (Fsp3) is 0.647. The highest BCUT2D eigenvalue weighted by atomic mass is 14.7. The lowest BCUT2D eigenvalue weighted by Crippen LogP contribution is -2.13. The second kappa shape index (κ2) is 5.05. The molecule has 0 radical (unpaired) electrons. The molecule has 18 heavy (non-hydrogen) atoms. The summed E-state index contributed by atoms with van der Waals surface area (Å²) in [4.78, 5) is 0. The van der Waals surface area contributed by atoms with Gasteiger partial charge >= 0.3 is 0 Å². The molecule has 2 aliphatic rings. The van der Waals surface area contributed by atoms with E-state index in [2.05, 4.69) is 31.2 Å². The summed E-state index contributed by atoms with van der Waals surface area (Å²) >= 11 is 0. The molecule has 2 fully saturated rings. The van der Waals surface area contributed by atoms with Gasteiger partial charge < -0.3 is 5.73 Å². The van der Waals surface area contributed by atoms with Crippen LogP contribution in [0.15, 0.2) is 24.3 Å². The summed E-state index contributed by atoms with van der Waals surface area (Å²) < 4.78 is 0. The summed E-state index contributed by atoms with van der Waals surface area (Å²) in [5.74, 6) is 2.37. The smallest absolute Gasteiger partial charge is 0.0326 e. The summed E-state index contributed by atoms with van der Waals surface area (Å²) in [6.45, 7) is 2.31. The first-order valence-electron chi connectivity index (χ1n) is 7.61. The van der Waals surface area contributed by atoms with Crippen molar-refractivity contribution in [2.45, 2.75) is 57.4 Å². The number of benzene rings is 1. The quantitative estimate of drug-likeness (QED) is 0.837. The van der Waals surface area contributed by atoms with Gasteiger partial charge in [0.15, 0.2) is 0 Å². The Morgan fingerprint density at radius 3 is 2.22 bits per heavy atom. The lowest BCUT2D eigenvalue weighted by molar-refractivity contribution is 0.443. The van der Waals surface area contributed by atoms with Gasteiger partial charge in [-0.25, -0.2) is 0 Å². The predicted molar refractivity (Wildman–Crippen MR) is 76.5 cm³/mol. The average molecular weight is 243 g/mol. The topological polar surface area (TPSA) is 26.0 Å². The highest BCUT2D eigenvalue weighted by Gasteiger charge is 2.38. The molecule has 0 bridgehead atoms. The first-order valence-corrected chi connectivity index (χ1v) is 7.61. The number of hydrogen-bond acceptors (Lipinski definition) is 1. The van der Waals surface area contributed by atoms with E-state index >= 15 is 0 Å². The van der Waals surface area contributed by atoms with Gasteiger partial charge in [-0.1, -0.05) is 50.5 Å². The molecule has 0 spiro atoms. The summed E-state index contributed by atoms with van der Waals surface area (Å²) in [6.07, 6.45) is 8.32. The van der Waals surface area contributed by atoms with E-state index in [9.17, 15) is 0 Å². The van der Waals surface area contributed by atoms with Crippen LogP contribution in [-0.4, -0.2) is 0 Å². The molecule has 1 nitrogen and oxygen atoms in total. The van der Waals surface area contributed by atoms with E-state index in [-0.39, 0.29) is 6.04 Å². The molecule has 2 saturated carbocycles. The van der Waals surface area contributed by atoms with Crippen LogP contribution in [0, 0.1) is 11.8 Å². The molecule has 3 rings (SSSR count). The molecule has 98 valence electrons. The Morgan fingerprint density at radius 2 is 1.67 bits per heavy atom. The lowest BCUT2D eigenvalue weighted by atomic mass is 9.83. The number of nitrogens with two attached hydrogens (primary N) is 1. The molecule has 1 heteroatoms. The minimum atomic E-state index is 0.264. The van der Waals surface area contributed by atoms with E-state index in [1.54, 1.807) is 0 Å². The fourth-order valence-corrected chi connectivity index (χ4v) is 3.52. The molecule has 1 aromatic rings. The van der Waals surface area contributed by atoms with Crippen LogP contribution < -0.4 is 5.73 Å². The van der Waals surface area contributed by atoms with E-state index in [0.717, 1.165) is 17.8 Å². The van der Waals surface area contributed by atoms with Gasteiger partial charge in [0.05, 0.1) is 0 Å². The Bertz CT molecular complexity index is 368. The molecule has 0 heterocycles. The SMILES string of the molecule is CC1CC1C(N)c1ccc(C2CCCCC2)cc1. The Kier molecular flexibility index (Phi) is 3.43. The van der Waals surface area contributed by atoms with Crippen molar-refractivity contribution in [2.24, 2.45) is 17.6 Å². The van der Waals surface area contributed by atoms with Gasteiger partial charge in [-0.2, -0.15) is 0 Å². The van der Waals surface area contributed by atoms with Gasteiger partial charge in [0.1, 0.15) is 0 Å². The van der Waals surface area contributed by atoms with E-state index in [1.807, 2.05) is 0 Å². The minimum Gasteiger partial charge on any atom is -0.324 e. The van der Waals surface area contributed by atoms with E-state index < -0.39 is 0 Å². The Hall–Kier alpha value is -0.820. The van der Waals surface area contributed by atoms with Crippen molar-refractivity contribution in [3.05, 3.63) is 35.4 Å². The maximum Gasteiger partial charge on any atom is 0.0326 e. The van der Waals surface area contributed by atoms with Crippen molar-refractivity contribution in [2.75, 3.05) is 0 Å². The predicted octanol–water partition coefficient (Wildman–Crippen LogP) is 4.39. The van der Waals surface area contributed by atoms with Crippen molar-refractivity contribution in [1.82, 2.24) is 0 Å². The number of rotatable bonds is 3. The molecule has 1 aromatic carbocycles. The molecule has 2 aliphatic carbocycles. The summed E-state index contributed by atoms with van der Waals surface area (Å²) in [5.41, 5.74) is 9.19. The van der Waals surface area contributed by atoms with E-state index in [1.165, 1.54) is 49.7 Å². The molecule has 0 amide bonds. The second-order valence-electron chi connectivity index (χ2n) is 6.40. The van der Waals surface area contributed by atoms with Gasteiger partial charge in [0.2, 0.25) is 0 Å². The zero-order valence-electron chi connectivity index (χ0n) is 11.4. The fourth-order valence-electron chi connectivity index (χ4n) is 3.52. The van der Waals surface area contributed by atoms with Gasteiger partial charge in [-0.05, 0) is 48.1 Å². The molecular formula is C17H25N.